The van der Waals surface area contributed by atoms with E-state index in [1.165, 1.54) is 22.9 Å². The van der Waals surface area contributed by atoms with Crippen molar-refractivity contribution in [3.05, 3.63) is 101 Å². The molecule has 1 fully saturated rings. The number of benzene rings is 3. The van der Waals surface area contributed by atoms with Gasteiger partial charge in [-0.25, -0.2) is 0 Å². The number of rotatable bonds is 2. The number of hydrogen-bond donors (Lipinski definition) is 2. The summed E-state index contributed by atoms with van der Waals surface area (Å²) in [6.45, 7) is 0.965. The summed E-state index contributed by atoms with van der Waals surface area (Å²) in [5.41, 5.74) is 4.09. The lowest BCUT2D eigenvalue weighted by molar-refractivity contribution is -0.227. The second-order valence-corrected chi connectivity index (χ2v) is 9.95. The Balaban J connectivity index is 1.43. The Bertz CT molecular complexity index is 1080. The zero-order valence-electron chi connectivity index (χ0n) is 19.0. The van der Waals surface area contributed by atoms with Gasteiger partial charge in [0.25, 0.3) is 0 Å². The second kappa shape index (κ2) is 11.0. The number of aryl methyl sites for hydroxylation is 2. The van der Waals surface area contributed by atoms with Crippen LogP contribution in [0.15, 0.2) is 83.8 Å². The maximum absolute atomic E-state index is 11.1. The van der Waals surface area contributed by atoms with Crippen LogP contribution >= 0.6 is 11.8 Å². The molecule has 2 aliphatic heterocycles. The molecule has 2 heterocycles. The largest absolute Gasteiger partial charge is 0.387 e. The van der Waals surface area contributed by atoms with Crippen LogP contribution in [0, 0.1) is 0 Å². The highest BCUT2D eigenvalue weighted by Gasteiger charge is 2.45. The van der Waals surface area contributed by atoms with Crippen molar-refractivity contribution in [1.82, 2.24) is 0 Å². The van der Waals surface area contributed by atoms with Gasteiger partial charge in [0.2, 0.25) is 0 Å². The van der Waals surface area contributed by atoms with Crippen LogP contribution < -0.4 is 0 Å². The molecule has 0 amide bonds. The molecule has 3 aromatic carbocycles. The highest BCUT2D eigenvalue weighted by atomic mass is 32.2. The summed E-state index contributed by atoms with van der Waals surface area (Å²) in [6, 6.07) is 26.4. The van der Waals surface area contributed by atoms with Crippen molar-refractivity contribution in [3.63, 3.8) is 0 Å². The average molecular weight is 479 g/mol. The van der Waals surface area contributed by atoms with Crippen LogP contribution in [0.3, 0.4) is 0 Å². The lowest BCUT2D eigenvalue weighted by Crippen LogP contribution is -2.58. The predicted octanol–water partition coefficient (Wildman–Crippen LogP) is 4.13. The fourth-order valence-corrected chi connectivity index (χ4v) is 5.67. The van der Waals surface area contributed by atoms with Crippen molar-refractivity contribution in [1.29, 1.82) is 0 Å². The smallest absolute Gasteiger partial charge is 0.136 e. The quantitative estimate of drug-likeness (QED) is 0.578. The fraction of sp³-hybridized carbons (Fsp3) is 0.357. The molecule has 34 heavy (non-hydrogen) atoms. The Hall–Kier alpha value is -2.19. The summed E-state index contributed by atoms with van der Waals surface area (Å²) in [5.74, 6) is 0. The van der Waals surface area contributed by atoms with E-state index < -0.39 is 29.9 Å². The van der Waals surface area contributed by atoms with Crippen LogP contribution in [0.25, 0.3) is 0 Å². The Morgan fingerprint density at radius 3 is 1.94 bits per heavy atom. The Labute approximate surface area is 204 Å². The lowest BCUT2D eigenvalue weighted by Gasteiger charge is -2.42. The van der Waals surface area contributed by atoms with Crippen molar-refractivity contribution in [2.45, 2.75) is 60.8 Å². The molecule has 5 atom stereocenters. The zero-order chi connectivity index (χ0) is 23.3. The van der Waals surface area contributed by atoms with E-state index in [0.717, 1.165) is 28.9 Å². The van der Waals surface area contributed by atoms with E-state index in [1.54, 1.807) is 0 Å². The molecular formula is C28H30O5S. The van der Waals surface area contributed by atoms with E-state index in [-0.39, 0.29) is 6.61 Å². The third-order valence-electron chi connectivity index (χ3n) is 6.51. The highest BCUT2D eigenvalue weighted by molar-refractivity contribution is 7.99. The first-order valence-electron chi connectivity index (χ1n) is 11.8. The standard InChI is InChI=1S/C28H30O5S/c29-25-24-18-31-16-21-10-6-4-8-19(21)14-15-20-9-5-7-11-22(20)17-32-27(25)26(30)28(33-24)34-23-12-2-1-3-13-23/h1-13,24-30H,14-18H2/t24?,25-,26+,27?,28?/m1/s1. The van der Waals surface area contributed by atoms with E-state index >= 15 is 0 Å². The van der Waals surface area contributed by atoms with E-state index in [0.29, 0.717) is 13.2 Å². The minimum absolute atomic E-state index is 0.213. The molecular weight excluding hydrogens is 448 g/mol. The molecule has 0 aromatic heterocycles. The molecule has 6 heteroatoms. The second-order valence-electron chi connectivity index (χ2n) is 8.78. The summed E-state index contributed by atoms with van der Waals surface area (Å²) >= 11 is 1.43. The van der Waals surface area contributed by atoms with Gasteiger partial charge in [-0.15, -0.1) is 0 Å². The van der Waals surface area contributed by atoms with Gasteiger partial charge in [-0.1, -0.05) is 78.5 Å². The van der Waals surface area contributed by atoms with E-state index in [2.05, 4.69) is 30.3 Å². The van der Waals surface area contributed by atoms with Crippen LogP contribution in [0.1, 0.15) is 22.3 Å². The average Bonchev–Trinajstić information content (AvgIpc) is 2.87. The number of hydrogen-bond acceptors (Lipinski definition) is 6. The molecule has 2 N–H and O–H groups in total. The zero-order valence-corrected chi connectivity index (χ0v) is 19.8. The van der Waals surface area contributed by atoms with E-state index in [9.17, 15) is 10.2 Å². The highest BCUT2D eigenvalue weighted by Crippen LogP contribution is 2.35. The normalized spacial score (nSPS) is 27.8. The summed E-state index contributed by atoms with van der Waals surface area (Å²) in [6.07, 6.45) is -1.61. The third-order valence-corrected chi connectivity index (χ3v) is 7.68. The summed E-state index contributed by atoms with van der Waals surface area (Å²) in [7, 11) is 0. The first-order chi connectivity index (χ1) is 16.7. The molecule has 0 saturated carbocycles. The van der Waals surface area contributed by atoms with Crippen molar-refractivity contribution >= 4 is 11.8 Å². The molecule has 3 unspecified atom stereocenters. The number of ether oxygens (including phenoxy) is 3. The summed E-state index contributed by atoms with van der Waals surface area (Å²) in [5, 5.41) is 22.2. The van der Waals surface area contributed by atoms with E-state index in [1.807, 2.05) is 48.5 Å². The van der Waals surface area contributed by atoms with Gasteiger partial charge in [0.15, 0.2) is 0 Å². The van der Waals surface area contributed by atoms with Crippen molar-refractivity contribution in [2.75, 3.05) is 6.61 Å². The minimum Gasteiger partial charge on any atom is -0.387 e. The first kappa shape index (κ1) is 23.5. The molecule has 0 aliphatic carbocycles. The van der Waals surface area contributed by atoms with Gasteiger partial charge in [0.05, 0.1) is 19.8 Å². The van der Waals surface area contributed by atoms with Crippen LogP contribution in [-0.2, 0) is 40.3 Å². The van der Waals surface area contributed by atoms with Crippen LogP contribution in [-0.4, -0.2) is 46.7 Å². The van der Waals surface area contributed by atoms with Crippen molar-refractivity contribution in [2.24, 2.45) is 0 Å². The number of thioether (sulfide) groups is 1. The molecule has 1 saturated heterocycles. The molecule has 178 valence electrons. The molecule has 2 bridgehead atoms. The Kier molecular flexibility index (Phi) is 7.64. The van der Waals surface area contributed by atoms with Gasteiger partial charge in [-0.3, -0.25) is 0 Å². The van der Waals surface area contributed by atoms with Gasteiger partial charge in [-0.05, 0) is 47.2 Å². The number of fused-ring (bicyclic) bond motifs is 4. The SMILES string of the molecule is O[C@@H]1C2COCc3ccccc3CCc3ccccc3COC1[C@H](O)C(Sc1ccccc1)O2. The van der Waals surface area contributed by atoms with Crippen molar-refractivity contribution in [3.8, 4) is 0 Å². The molecule has 3 aromatic rings. The minimum atomic E-state index is -1.01. The topological polar surface area (TPSA) is 68.2 Å². The maximum Gasteiger partial charge on any atom is 0.136 e. The molecule has 0 spiro atoms. The van der Waals surface area contributed by atoms with Gasteiger partial charge < -0.3 is 24.4 Å². The molecule has 2 aliphatic rings. The summed E-state index contributed by atoms with van der Waals surface area (Å²) in [4.78, 5) is 0.982. The van der Waals surface area contributed by atoms with E-state index in [4.69, 9.17) is 14.2 Å². The van der Waals surface area contributed by atoms with Crippen LogP contribution in [0.4, 0.5) is 0 Å². The Morgan fingerprint density at radius 1 is 0.676 bits per heavy atom. The van der Waals surface area contributed by atoms with Gasteiger partial charge in [-0.2, -0.15) is 0 Å². The van der Waals surface area contributed by atoms with Crippen molar-refractivity contribution < 1.29 is 24.4 Å². The molecule has 5 nitrogen and oxygen atoms in total. The van der Waals surface area contributed by atoms with Gasteiger partial charge >= 0.3 is 0 Å². The van der Waals surface area contributed by atoms with Crippen LogP contribution in [0.5, 0.6) is 0 Å². The lowest BCUT2D eigenvalue weighted by atomic mass is 9.96. The van der Waals surface area contributed by atoms with Gasteiger partial charge in [0, 0.05) is 4.90 Å². The molecule has 0 radical (unpaired) electrons. The number of aliphatic hydroxyl groups excluding tert-OH is 2. The first-order valence-corrected chi connectivity index (χ1v) is 12.6. The number of aliphatic hydroxyl groups is 2. The fourth-order valence-electron chi connectivity index (χ4n) is 4.59. The monoisotopic (exact) mass is 478 g/mol. The van der Waals surface area contributed by atoms with Crippen LogP contribution in [0.2, 0.25) is 0 Å². The van der Waals surface area contributed by atoms with Gasteiger partial charge in [0.1, 0.15) is 29.9 Å². The molecule has 5 rings (SSSR count). The maximum atomic E-state index is 11.1. The Morgan fingerprint density at radius 2 is 1.26 bits per heavy atom. The summed E-state index contributed by atoms with van der Waals surface area (Å²) < 4.78 is 18.4. The third kappa shape index (κ3) is 5.38. The predicted molar refractivity (Wildman–Crippen MR) is 131 cm³/mol.